The Kier molecular flexibility index (Phi) is 3.85. The zero-order chi connectivity index (χ0) is 18.6. The van der Waals surface area contributed by atoms with Gasteiger partial charge < -0.3 is 4.90 Å². The molecule has 0 amide bonds. The van der Waals surface area contributed by atoms with Gasteiger partial charge in [-0.1, -0.05) is 13.8 Å². The Morgan fingerprint density at radius 2 is 1.92 bits per heavy atom. The average molecular weight is 352 g/mol. The summed E-state index contributed by atoms with van der Waals surface area (Å²) < 4.78 is 37.6. The van der Waals surface area contributed by atoms with E-state index in [0.717, 1.165) is 16.8 Å². The lowest BCUT2D eigenvalue weighted by Gasteiger charge is -2.28. The molecular formula is C16H19F3N6. The van der Waals surface area contributed by atoms with Gasteiger partial charge in [-0.2, -0.15) is 18.2 Å². The van der Waals surface area contributed by atoms with E-state index < -0.39 is 12.0 Å². The molecule has 9 heteroatoms. The van der Waals surface area contributed by atoms with E-state index in [0.29, 0.717) is 11.7 Å². The first-order valence-corrected chi connectivity index (χ1v) is 7.81. The molecule has 0 bridgehead atoms. The van der Waals surface area contributed by atoms with Crippen molar-refractivity contribution in [2.24, 2.45) is 10.2 Å². The normalized spacial score (nSPS) is 19.7. The fourth-order valence-corrected chi connectivity index (χ4v) is 3.04. The standard InChI is InChI=1S/C16H19F3N6/c1-8-6-12-10(15(3,4)9(2)25(12)5)7-11(8)21-23-14-20-13(22-24-14)16(17,18)19/h6-7,9H,1-5H3,(H,20,22,24). The highest BCUT2D eigenvalue weighted by molar-refractivity contribution is 5.69. The van der Waals surface area contributed by atoms with Crippen molar-refractivity contribution in [2.45, 2.75) is 45.3 Å². The molecule has 1 aromatic heterocycles. The second-order valence-corrected chi connectivity index (χ2v) is 6.85. The third-order valence-electron chi connectivity index (χ3n) is 5.00. The zero-order valence-electron chi connectivity index (χ0n) is 14.6. The molecular weight excluding hydrogens is 333 g/mol. The molecule has 1 aliphatic rings. The van der Waals surface area contributed by atoms with E-state index in [1.54, 1.807) is 0 Å². The van der Waals surface area contributed by atoms with Gasteiger partial charge in [-0.05, 0) is 37.1 Å². The Morgan fingerprint density at radius 3 is 2.52 bits per heavy atom. The van der Waals surface area contributed by atoms with Crippen molar-refractivity contribution >= 4 is 17.3 Å². The summed E-state index contributed by atoms with van der Waals surface area (Å²) in [7, 11) is 2.05. The molecule has 2 aromatic rings. The number of nitrogens with zero attached hydrogens (tertiary/aromatic N) is 5. The summed E-state index contributed by atoms with van der Waals surface area (Å²) in [5.41, 5.74) is 3.66. The average Bonchev–Trinajstić information content (AvgIpc) is 3.05. The molecule has 1 N–H and O–H groups in total. The van der Waals surface area contributed by atoms with Gasteiger partial charge in [-0.25, -0.2) is 0 Å². The highest BCUT2D eigenvalue weighted by atomic mass is 19.4. The molecule has 0 saturated heterocycles. The third kappa shape index (κ3) is 2.87. The number of benzene rings is 1. The molecule has 2 heterocycles. The quantitative estimate of drug-likeness (QED) is 0.799. The second kappa shape index (κ2) is 5.53. The monoisotopic (exact) mass is 352 g/mol. The maximum Gasteiger partial charge on any atom is 0.451 e. The van der Waals surface area contributed by atoms with Crippen molar-refractivity contribution in [2.75, 3.05) is 11.9 Å². The first kappa shape index (κ1) is 17.4. The molecule has 0 saturated carbocycles. The first-order valence-electron chi connectivity index (χ1n) is 7.81. The van der Waals surface area contributed by atoms with Crippen LogP contribution in [0.2, 0.25) is 0 Å². The van der Waals surface area contributed by atoms with Crippen LogP contribution in [0, 0.1) is 6.92 Å². The minimum absolute atomic E-state index is 0.0733. The van der Waals surface area contributed by atoms with Crippen LogP contribution in [0.3, 0.4) is 0 Å². The first-order chi connectivity index (χ1) is 11.5. The fourth-order valence-electron chi connectivity index (χ4n) is 3.04. The number of H-pyrrole nitrogens is 1. The fraction of sp³-hybridized carbons (Fsp3) is 0.500. The predicted molar refractivity (Wildman–Crippen MR) is 87.6 cm³/mol. The van der Waals surface area contributed by atoms with E-state index in [2.05, 4.69) is 46.0 Å². The number of alkyl halides is 3. The summed E-state index contributed by atoms with van der Waals surface area (Å²) in [5, 5.41) is 13.0. The summed E-state index contributed by atoms with van der Waals surface area (Å²) in [4.78, 5) is 5.51. The van der Waals surface area contributed by atoms with Crippen LogP contribution in [-0.2, 0) is 11.6 Å². The highest BCUT2D eigenvalue weighted by Crippen LogP contribution is 2.46. The van der Waals surface area contributed by atoms with E-state index in [1.165, 1.54) is 0 Å². The number of hydrogen-bond donors (Lipinski definition) is 1. The lowest BCUT2D eigenvalue weighted by Crippen LogP contribution is -2.36. The number of aromatic amines is 1. The Morgan fingerprint density at radius 1 is 1.24 bits per heavy atom. The molecule has 0 fully saturated rings. The molecule has 25 heavy (non-hydrogen) atoms. The molecule has 1 aromatic carbocycles. The van der Waals surface area contributed by atoms with Gasteiger partial charge in [0.2, 0.25) is 5.82 Å². The number of nitrogens with one attached hydrogen (secondary N) is 1. The SMILES string of the molecule is Cc1cc2c(cc1N=Nc1n[nH]c(C(F)(F)F)n1)C(C)(C)C(C)N2C. The van der Waals surface area contributed by atoms with Gasteiger partial charge in [0, 0.05) is 24.2 Å². The van der Waals surface area contributed by atoms with Crippen LogP contribution in [0.25, 0.3) is 0 Å². The lowest BCUT2D eigenvalue weighted by atomic mass is 9.81. The van der Waals surface area contributed by atoms with Crippen LogP contribution >= 0.6 is 0 Å². The molecule has 1 aliphatic heterocycles. The zero-order valence-corrected chi connectivity index (χ0v) is 14.6. The number of anilines is 1. The van der Waals surface area contributed by atoms with Crippen molar-refractivity contribution in [3.8, 4) is 0 Å². The molecule has 1 atom stereocenters. The van der Waals surface area contributed by atoms with E-state index in [9.17, 15) is 13.2 Å². The van der Waals surface area contributed by atoms with Crippen molar-refractivity contribution in [3.63, 3.8) is 0 Å². The number of hydrogen-bond acceptors (Lipinski definition) is 5. The number of aryl methyl sites for hydroxylation is 1. The summed E-state index contributed by atoms with van der Waals surface area (Å²) in [6.45, 7) is 8.35. The highest BCUT2D eigenvalue weighted by Gasteiger charge is 2.40. The summed E-state index contributed by atoms with van der Waals surface area (Å²) in [6, 6.07) is 4.27. The number of likely N-dealkylation sites (N-methyl/N-ethyl adjacent to an activating group) is 1. The van der Waals surface area contributed by atoms with Crippen LogP contribution in [0.5, 0.6) is 0 Å². The number of halogens is 3. The minimum Gasteiger partial charge on any atom is -0.371 e. The van der Waals surface area contributed by atoms with E-state index >= 15 is 0 Å². The number of rotatable bonds is 2. The van der Waals surface area contributed by atoms with Gasteiger partial charge in [-0.15, -0.1) is 15.3 Å². The van der Waals surface area contributed by atoms with E-state index in [4.69, 9.17) is 0 Å². The van der Waals surface area contributed by atoms with E-state index in [-0.39, 0.29) is 11.4 Å². The van der Waals surface area contributed by atoms with Gasteiger partial charge in [0.15, 0.2) is 0 Å². The lowest BCUT2D eigenvalue weighted by molar-refractivity contribution is -0.144. The van der Waals surface area contributed by atoms with Crippen LogP contribution < -0.4 is 4.90 Å². The Bertz CT molecular complexity index is 837. The second-order valence-electron chi connectivity index (χ2n) is 6.85. The Labute approximate surface area is 143 Å². The molecule has 0 spiro atoms. The molecule has 1 unspecified atom stereocenters. The number of aromatic nitrogens is 3. The van der Waals surface area contributed by atoms with Crippen LogP contribution in [-0.4, -0.2) is 28.3 Å². The molecule has 134 valence electrons. The predicted octanol–water partition coefficient (Wildman–Crippen LogP) is 4.66. The van der Waals surface area contributed by atoms with Crippen LogP contribution in [0.1, 0.15) is 37.7 Å². The van der Waals surface area contributed by atoms with Crippen molar-refractivity contribution < 1.29 is 13.2 Å². The Hall–Kier alpha value is -2.45. The van der Waals surface area contributed by atoms with Crippen molar-refractivity contribution in [1.82, 2.24) is 15.2 Å². The summed E-state index contributed by atoms with van der Waals surface area (Å²) >= 11 is 0. The van der Waals surface area contributed by atoms with Gasteiger partial charge in [-0.3, -0.25) is 5.10 Å². The number of azo groups is 1. The Balaban J connectivity index is 1.95. The van der Waals surface area contributed by atoms with Crippen LogP contribution in [0.15, 0.2) is 22.4 Å². The number of fused-ring (bicyclic) bond motifs is 1. The van der Waals surface area contributed by atoms with Crippen LogP contribution in [0.4, 0.5) is 30.5 Å². The van der Waals surface area contributed by atoms with Gasteiger partial charge in [0.05, 0.1) is 5.69 Å². The third-order valence-corrected chi connectivity index (χ3v) is 5.00. The van der Waals surface area contributed by atoms with Crippen molar-refractivity contribution in [1.29, 1.82) is 0 Å². The van der Waals surface area contributed by atoms with Gasteiger partial charge >= 0.3 is 6.18 Å². The maximum absolute atomic E-state index is 12.5. The van der Waals surface area contributed by atoms with Crippen molar-refractivity contribution in [3.05, 3.63) is 29.1 Å². The maximum atomic E-state index is 12.5. The largest absolute Gasteiger partial charge is 0.451 e. The van der Waals surface area contributed by atoms with Gasteiger partial charge in [0.25, 0.3) is 5.95 Å². The van der Waals surface area contributed by atoms with E-state index in [1.807, 2.05) is 31.2 Å². The molecule has 0 aliphatic carbocycles. The molecule has 6 nitrogen and oxygen atoms in total. The molecule has 0 radical (unpaired) electrons. The smallest absolute Gasteiger partial charge is 0.371 e. The van der Waals surface area contributed by atoms with Gasteiger partial charge in [0.1, 0.15) is 0 Å². The summed E-state index contributed by atoms with van der Waals surface area (Å²) in [6.07, 6.45) is -4.59. The molecule has 3 rings (SSSR count). The topological polar surface area (TPSA) is 69.5 Å². The minimum atomic E-state index is -4.59. The summed E-state index contributed by atoms with van der Waals surface area (Å²) in [5.74, 6) is -1.54.